The Morgan fingerprint density at radius 3 is 2.06 bits per heavy atom. The Bertz CT molecular complexity index is 1910. The smallest absolute Gasteiger partial charge is 0.462 e. The van der Waals surface area contributed by atoms with Crippen molar-refractivity contribution in [3.8, 4) is 0 Å². The summed E-state index contributed by atoms with van der Waals surface area (Å²) in [6.45, 7) is 4.09. The summed E-state index contributed by atoms with van der Waals surface area (Å²) >= 11 is 0. The lowest BCUT2D eigenvalue weighted by Gasteiger charge is -2.21. The summed E-state index contributed by atoms with van der Waals surface area (Å²) in [4.78, 5) is 61.8. The summed E-state index contributed by atoms with van der Waals surface area (Å²) in [7, 11) is -10.9. The Morgan fingerprint density at radius 2 is 1.41 bits per heavy atom. The Labute approximate surface area is 401 Å². The number of rotatable bonds is 37. The first-order chi connectivity index (χ1) is 32.5. The van der Waals surface area contributed by atoms with Gasteiger partial charge in [0, 0.05) is 19.0 Å². The van der Waals surface area contributed by atoms with E-state index in [1.807, 2.05) is 12.2 Å². The fourth-order valence-corrected chi connectivity index (χ4v) is 8.78. The van der Waals surface area contributed by atoms with E-state index in [1.54, 1.807) is 12.2 Å². The second kappa shape index (κ2) is 34.7. The number of nitrogens with zero attached hydrogens (tertiary/aromatic N) is 2. The number of phosphoric acid groups is 2. The highest BCUT2D eigenvalue weighted by Crippen LogP contribution is 2.60. The van der Waals surface area contributed by atoms with Gasteiger partial charge in [0.25, 0.3) is 0 Å². The third-order valence-electron chi connectivity index (χ3n) is 10.8. The number of anilines is 1. The number of phosphoric ester groups is 2. The number of hydrogen-bond acceptors (Lipinski definition) is 16. The average molecular weight is 1000 g/mol. The van der Waals surface area contributed by atoms with Crippen LogP contribution in [0.25, 0.3) is 0 Å². The van der Waals surface area contributed by atoms with E-state index in [4.69, 9.17) is 29.0 Å². The van der Waals surface area contributed by atoms with Crippen LogP contribution < -0.4 is 11.4 Å². The van der Waals surface area contributed by atoms with E-state index in [0.29, 0.717) is 6.42 Å². The van der Waals surface area contributed by atoms with Crippen LogP contribution in [0.2, 0.25) is 0 Å². The summed E-state index contributed by atoms with van der Waals surface area (Å²) in [5, 5.41) is 31.2. The molecule has 1 aliphatic rings. The molecule has 68 heavy (non-hydrogen) atoms. The Balaban J connectivity index is 1.88. The summed E-state index contributed by atoms with van der Waals surface area (Å²) in [5.41, 5.74) is 4.56. The van der Waals surface area contributed by atoms with Gasteiger partial charge in [0.15, 0.2) is 12.3 Å². The molecule has 0 amide bonds. The number of ether oxygens (including phenoxy) is 3. The maximum atomic E-state index is 12.8. The first-order valence-electron chi connectivity index (χ1n) is 23.8. The number of nitrogens with two attached hydrogens (primary N) is 1. The molecule has 1 saturated heterocycles. The molecule has 0 bridgehead atoms. The van der Waals surface area contributed by atoms with Gasteiger partial charge in [0.2, 0.25) is 0 Å². The number of carbonyl (C=O) groups is 2. The molecule has 1 aliphatic heterocycles. The average Bonchev–Trinajstić information content (AvgIpc) is 3.57. The minimum atomic E-state index is -5.46. The summed E-state index contributed by atoms with van der Waals surface area (Å²) in [6.07, 6.45) is 26.5. The number of aliphatic hydroxyl groups excluding tert-OH is 3. The van der Waals surface area contributed by atoms with E-state index in [2.05, 4.69) is 66.5 Å². The van der Waals surface area contributed by atoms with Gasteiger partial charge in [-0.3, -0.25) is 23.2 Å². The van der Waals surface area contributed by atoms with Crippen molar-refractivity contribution in [2.45, 2.75) is 173 Å². The zero-order valence-electron chi connectivity index (χ0n) is 39.9. The first kappa shape index (κ1) is 60.5. The molecular formula is C47H77N3O16P2. The summed E-state index contributed by atoms with van der Waals surface area (Å²) in [6, 6.07) is 1.24. The molecule has 2 rings (SSSR count). The number of allylic oxidation sites excluding steroid dienone is 9. The zero-order chi connectivity index (χ0) is 50.2. The maximum absolute atomic E-state index is 12.8. The fraction of sp³-hybridized carbons (Fsp3) is 0.660. The van der Waals surface area contributed by atoms with Crippen molar-refractivity contribution in [1.82, 2.24) is 9.55 Å². The molecule has 2 heterocycles. The monoisotopic (exact) mass is 1000 g/mol. The van der Waals surface area contributed by atoms with Crippen LogP contribution in [0, 0.1) is 5.92 Å². The molecule has 0 spiro atoms. The highest BCUT2D eigenvalue weighted by Gasteiger charge is 2.46. The number of nitrogen functional groups attached to an aromatic ring is 1. The quantitative estimate of drug-likeness (QED) is 0.0121. The molecule has 9 atom stereocenters. The molecule has 1 aromatic heterocycles. The van der Waals surface area contributed by atoms with Crippen molar-refractivity contribution in [2.75, 3.05) is 25.6 Å². The van der Waals surface area contributed by atoms with Gasteiger partial charge in [-0.1, -0.05) is 139 Å². The Morgan fingerprint density at radius 1 is 0.809 bits per heavy atom. The molecule has 4 unspecified atom stereocenters. The van der Waals surface area contributed by atoms with E-state index < -0.39 is 89.8 Å². The molecular weight excluding hydrogens is 924 g/mol. The topological polar surface area (TPSA) is 286 Å². The van der Waals surface area contributed by atoms with Crippen molar-refractivity contribution in [1.29, 1.82) is 0 Å². The van der Waals surface area contributed by atoms with Crippen LogP contribution in [-0.4, -0.2) is 96.9 Å². The van der Waals surface area contributed by atoms with Gasteiger partial charge < -0.3 is 45.1 Å². The van der Waals surface area contributed by atoms with E-state index >= 15 is 0 Å². The number of hydrogen-bond donors (Lipinski definition) is 6. The second-order valence-electron chi connectivity index (χ2n) is 16.7. The van der Waals surface area contributed by atoms with Crippen LogP contribution in [0.4, 0.5) is 5.82 Å². The van der Waals surface area contributed by atoms with Gasteiger partial charge in [-0.25, -0.2) is 13.9 Å². The predicted octanol–water partition coefficient (Wildman–Crippen LogP) is 7.99. The van der Waals surface area contributed by atoms with Gasteiger partial charge in [-0.2, -0.15) is 9.29 Å². The number of unbranched alkanes of at least 4 members (excludes halogenated alkanes) is 7. The molecule has 0 aromatic carbocycles. The number of esters is 2. The summed E-state index contributed by atoms with van der Waals surface area (Å²) in [5.74, 6) is -0.769. The predicted molar refractivity (Wildman–Crippen MR) is 258 cm³/mol. The molecule has 1 fully saturated rings. The maximum Gasteiger partial charge on any atom is 0.481 e. The van der Waals surface area contributed by atoms with Crippen LogP contribution in [-0.2, 0) is 46.3 Å². The van der Waals surface area contributed by atoms with Gasteiger partial charge in [0.1, 0.15) is 30.7 Å². The fourth-order valence-electron chi connectivity index (χ4n) is 6.67. The molecule has 7 N–H and O–H groups in total. The van der Waals surface area contributed by atoms with E-state index in [9.17, 15) is 48.6 Å². The Kier molecular flexibility index (Phi) is 30.9. The standard InChI is InChI=1S/C47H77N3O16P2/c1-4-6-7-8-9-10-11-12-13-14-18-21-24-28-38(51)29-26-31-42(52)61-34-39(64-43(53)30-25-22-19-16-15-17-20-23-27-37(3)5-2)35-62-67(57,58)66-68(59,60)63-36-40-44(54)45(55)46(65-40)50-33-32-41(48)49-47(50)56/h6-7,9-10,12-13,18,21,24,28,32-33,37-40,44-46,51,54-55H,4-5,8,11,14-17,19-20,22-23,25-27,29-31,34-36H2,1-3H3,(H,57,58)(H,59,60)(H2,48,49,56)/b7-6-,10-9-,13-12-,21-18-,28-24+/t37?,38?,39-,40-,44-,45-,46-/m1/s1. The van der Waals surface area contributed by atoms with Crippen molar-refractivity contribution in [3.05, 3.63) is 83.5 Å². The summed E-state index contributed by atoms with van der Waals surface area (Å²) < 4.78 is 56.5. The number of aromatic nitrogens is 2. The van der Waals surface area contributed by atoms with Crippen molar-refractivity contribution in [2.24, 2.45) is 5.92 Å². The first-order valence-corrected chi connectivity index (χ1v) is 26.8. The van der Waals surface area contributed by atoms with Gasteiger partial charge >= 0.3 is 33.3 Å². The molecule has 1 aromatic rings. The van der Waals surface area contributed by atoms with E-state index in [-0.39, 0.29) is 31.5 Å². The lowest BCUT2D eigenvalue weighted by atomic mass is 9.99. The lowest BCUT2D eigenvalue weighted by Crippen LogP contribution is -2.36. The van der Waals surface area contributed by atoms with Gasteiger partial charge in [0.05, 0.1) is 19.3 Å². The van der Waals surface area contributed by atoms with Crippen molar-refractivity contribution in [3.63, 3.8) is 0 Å². The van der Waals surface area contributed by atoms with E-state index in [0.717, 1.165) is 74.5 Å². The molecule has 0 radical (unpaired) electrons. The van der Waals surface area contributed by atoms with Crippen molar-refractivity contribution < 1.29 is 71.4 Å². The van der Waals surface area contributed by atoms with Gasteiger partial charge in [-0.15, -0.1) is 0 Å². The Hall–Kier alpha value is -3.58. The molecule has 386 valence electrons. The van der Waals surface area contributed by atoms with Crippen LogP contribution >= 0.6 is 15.6 Å². The van der Waals surface area contributed by atoms with E-state index in [1.165, 1.54) is 31.7 Å². The molecule has 21 heteroatoms. The van der Waals surface area contributed by atoms with Gasteiger partial charge in [-0.05, 0) is 56.9 Å². The molecule has 19 nitrogen and oxygen atoms in total. The third-order valence-corrected chi connectivity index (χ3v) is 13.4. The number of aliphatic hydroxyl groups is 3. The largest absolute Gasteiger partial charge is 0.481 e. The molecule has 0 saturated carbocycles. The van der Waals surface area contributed by atoms with Crippen molar-refractivity contribution >= 4 is 33.4 Å². The minimum Gasteiger partial charge on any atom is -0.462 e. The second-order valence-corrected chi connectivity index (χ2v) is 19.7. The minimum absolute atomic E-state index is 0.00671. The lowest BCUT2D eigenvalue weighted by molar-refractivity contribution is -0.161. The highest BCUT2D eigenvalue weighted by molar-refractivity contribution is 7.61. The number of carbonyl (C=O) groups excluding carboxylic acids is 2. The zero-order valence-corrected chi connectivity index (χ0v) is 41.7. The highest BCUT2D eigenvalue weighted by atomic mass is 31.3. The van der Waals surface area contributed by atoms with Crippen LogP contribution in [0.5, 0.6) is 0 Å². The van der Waals surface area contributed by atoms with Crippen LogP contribution in [0.1, 0.15) is 143 Å². The van der Waals surface area contributed by atoms with Crippen LogP contribution in [0.3, 0.4) is 0 Å². The van der Waals surface area contributed by atoms with Crippen LogP contribution in [0.15, 0.2) is 77.8 Å². The normalized spacial score (nSPS) is 20.9. The third kappa shape index (κ3) is 27.6. The SMILES string of the molecule is CC/C=C\C/C=C\C/C=C\C/C=C\C=C\C(O)CCCC(=O)OC[C@H](COP(=O)(O)OP(=O)(O)OC[C@H]1O[C@@H](n2ccc(N)nc2=O)[C@H](O)[C@@H]1O)OC(=O)CCCCCCCCCCC(C)CC. The molecule has 0 aliphatic carbocycles.